The molecule has 1 heterocycles. The van der Waals surface area contributed by atoms with Crippen molar-refractivity contribution in [3.8, 4) is 0 Å². The molecule has 19 heavy (non-hydrogen) atoms. The lowest BCUT2D eigenvalue weighted by Crippen LogP contribution is -2.03. The molecule has 0 radical (unpaired) electrons. The Morgan fingerprint density at radius 1 is 1.21 bits per heavy atom. The minimum atomic E-state index is -0.775. The Balaban J connectivity index is 2.01. The van der Waals surface area contributed by atoms with Gasteiger partial charge in [-0.15, -0.1) is 0 Å². The molecule has 1 aliphatic heterocycles. The van der Waals surface area contributed by atoms with Gasteiger partial charge in [-0.1, -0.05) is 18.2 Å². The van der Waals surface area contributed by atoms with Crippen molar-refractivity contribution in [3.05, 3.63) is 41.5 Å². The Bertz CT molecular complexity index is 691. The van der Waals surface area contributed by atoms with Crippen LogP contribution in [0.15, 0.2) is 30.3 Å². The van der Waals surface area contributed by atoms with Gasteiger partial charge in [-0.2, -0.15) is 0 Å². The number of carbonyl (C=O) groups is 2. The van der Waals surface area contributed by atoms with Crippen LogP contribution in [0.2, 0.25) is 0 Å². The third-order valence-corrected chi connectivity index (χ3v) is 3.46. The number of rotatable bonds is 4. The lowest BCUT2D eigenvalue weighted by Gasteiger charge is -2.07. The van der Waals surface area contributed by atoms with E-state index in [2.05, 4.69) is 5.32 Å². The van der Waals surface area contributed by atoms with E-state index in [0.717, 1.165) is 22.0 Å². The molecule has 2 aromatic carbocycles. The van der Waals surface area contributed by atoms with Crippen molar-refractivity contribution in [3.63, 3.8) is 0 Å². The molecule has 0 atom stereocenters. The van der Waals surface area contributed by atoms with E-state index in [4.69, 9.17) is 5.11 Å². The van der Waals surface area contributed by atoms with Gasteiger partial charge in [0.1, 0.15) is 0 Å². The van der Waals surface area contributed by atoms with Crippen LogP contribution in [-0.2, 0) is 11.2 Å². The standard InChI is InChI=1S/C15H13NO3/c17-13(18)6-1-3-9-7-8-12-14-10(9)4-2-5-11(14)15(19)16-12/h2,4-5,7-8H,1,3,6H2,(H,16,19)(H,17,18). The first-order valence-corrected chi connectivity index (χ1v) is 6.24. The number of benzene rings is 2. The van der Waals surface area contributed by atoms with E-state index in [1.807, 2.05) is 30.3 Å². The average Bonchev–Trinajstić information content (AvgIpc) is 2.71. The van der Waals surface area contributed by atoms with E-state index < -0.39 is 5.97 Å². The van der Waals surface area contributed by atoms with Crippen molar-refractivity contribution < 1.29 is 14.7 Å². The van der Waals surface area contributed by atoms with Gasteiger partial charge in [0.05, 0.1) is 0 Å². The van der Waals surface area contributed by atoms with Gasteiger partial charge in [0, 0.05) is 23.1 Å². The second-order valence-corrected chi connectivity index (χ2v) is 4.70. The summed E-state index contributed by atoms with van der Waals surface area (Å²) < 4.78 is 0. The molecular formula is C15H13NO3. The summed E-state index contributed by atoms with van der Waals surface area (Å²) in [6, 6.07) is 9.53. The van der Waals surface area contributed by atoms with Gasteiger partial charge in [-0.25, -0.2) is 0 Å². The van der Waals surface area contributed by atoms with E-state index in [1.54, 1.807) is 0 Å². The van der Waals surface area contributed by atoms with E-state index in [-0.39, 0.29) is 12.3 Å². The number of amides is 1. The zero-order chi connectivity index (χ0) is 13.4. The monoisotopic (exact) mass is 255 g/mol. The molecule has 0 saturated carbocycles. The summed E-state index contributed by atoms with van der Waals surface area (Å²) in [6.45, 7) is 0. The molecule has 4 heteroatoms. The van der Waals surface area contributed by atoms with Gasteiger partial charge in [-0.05, 0) is 35.9 Å². The second kappa shape index (κ2) is 4.39. The zero-order valence-electron chi connectivity index (χ0n) is 10.3. The van der Waals surface area contributed by atoms with Crippen molar-refractivity contribution in [2.24, 2.45) is 0 Å². The van der Waals surface area contributed by atoms with Gasteiger partial charge in [0.2, 0.25) is 0 Å². The quantitative estimate of drug-likeness (QED) is 0.882. The largest absolute Gasteiger partial charge is 0.481 e. The van der Waals surface area contributed by atoms with Gasteiger partial charge in [0.25, 0.3) is 5.91 Å². The number of carboxylic acids is 1. The first kappa shape index (κ1) is 11.7. The number of carbonyl (C=O) groups excluding carboxylic acids is 1. The van der Waals surface area contributed by atoms with Crippen LogP contribution < -0.4 is 5.32 Å². The van der Waals surface area contributed by atoms with Gasteiger partial charge < -0.3 is 10.4 Å². The molecule has 0 fully saturated rings. The van der Waals surface area contributed by atoms with Crippen LogP contribution in [0.4, 0.5) is 5.69 Å². The molecule has 96 valence electrons. The maximum Gasteiger partial charge on any atom is 0.303 e. The summed E-state index contributed by atoms with van der Waals surface area (Å²) in [5.74, 6) is -0.842. The normalized spacial score (nSPS) is 12.7. The summed E-state index contributed by atoms with van der Waals surface area (Å²) in [6.07, 6.45) is 1.48. The summed E-state index contributed by atoms with van der Waals surface area (Å²) in [5, 5.41) is 13.5. The Hall–Kier alpha value is -2.36. The highest BCUT2D eigenvalue weighted by Gasteiger charge is 2.21. The number of hydrogen-bond donors (Lipinski definition) is 2. The van der Waals surface area contributed by atoms with E-state index in [0.29, 0.717) is 18.4 Å². The van der Waals surface area contributed by atoms with Gasteiger partial charge in [0.15, 0.2) is 0 Å². The van der Waals surface area contributed by atoms with Crippen molar-refractivity contribution in [1.29, 1.82) is 0 Å². The smallest absolute Gasteiger partial charge is 0.303 e. The van der Waals surface area contributed by atoms with E-state index >= 15 is 0 Å². The fourth-order valence-corrected chi connectivity index (χ4v) is 2.60. The summed E-state index contributed by atoms with van der Waals surface area (Å²) >= 11 is 0. The minimum Gasteiger partial charge on any atom is -0.481 e. The second-order valence-electron chi connectivity index (χ2n) is 4.70. The molecule has 0 aliphatic carbocycles. The van der Waals surface area contributed by atoms with Gasteiger partial charge >= 0.3 is 5.97 Å². The summed E-state index contributed by atoms with van der Waals surface area (Å²) in [4.78, 5) is 22.3. The first-order chi connectivity index (χ1) is 9.16. The van der Waals surface area contributed by atoms with Crippen LogP contribution in [0.1, 0.15) is 28.8 Å². The fraction of sp³-hybridized carbons (Fsp3) is 0.200. The van der Waals surface area contributed by atoms with Crippen LogP contribution in [0, 0.1) is 0 Å². The molecule has 2 aromatic rings. The molecule has 0 bridgehead atoms. The Morgan fingerprint density at radius 2 is 2.05 bits per heavy atom. The molecule has 2 N–H and O–H groups in total. The Morgan fingerprint density at radius 3 is 2.84 bits per heavy atom. The summed E-state index contributed by atoms with van der Waals surface area (Å²) in [7, 11) is 0. The SMILES string of the molecule is O=C(O)CCCc1ccc2c3c(cccc13)C(=O)N2. The molecule has 3 rings (SSSR count). The van der Waals surface area contributed by atoms with Crippen molar-refractivity contribution in [2.45, 2.75) is 19.3 Å². The van der Waals surface area contributed by atoms with Crippen LogP contribution in [0.3, 0.4) is 0 Å². The average molecular weight is 255 g/mol. The Kier molecular flexibility index (Phi) is 2.71. The first-order valence-electron chi connectivity index (χ1n) is 6.24. The topological polar surface area (TPSA) is 66.4 Å². The third-order valence-electron chi connectivity index (χ3n) is 3.46. The lowest BCUT2D eigenvalue weighted by atomic mass is 9.97. The van der Waals surface area contributed by atoms with E-state index in [9.17, 15) is 9.59 Å². The summed E-state index contributed by atoms with van der Waals surface area (Å²) in [5.41, 5.74) is 2.64. The third kappa shape index (κ3) is 1.95. The number of nitrogens with one attached hydrogen (secondary N) is 1. The maximum atomic E-state index is 11.8. The number of hydrogen-bond acceptors (Lipinski definition) is 2. The lowest BCUT2D eigenvalue weighted by molar-refractivity contribution is -0.137. The zero-order valence-corrected chi connectivity index (χ0v) is 10.3. The highest BCUT2D eigenvalue weighted by Crippen LogP contribution is 2.35. The van der Waals surface area contributed by atoms with Crippen molar-refractivity contribution in [2.75, 3.05) is 5.32 Å². The van der Waals surface area contributed by atoms with Gasteiger partial charge in [-0.3, -0.25) is 9.59 Å². The number of aliphatic carboxylic acids is 1. The molecular weight excluding hydrogens is 242 g/mol. The highest BCUT2D eigenvalue weighted by atomic mass is 16.4. The predicted octanol–water partition coefficient (Wildman–Crippen LogP) is 2.81. The Labute approximate surface area is 110 Å². The minimum absolute atomic E-state index is 0.0664. The fourth-order valence-electron chi connectivity index (χ4n) is 2.60. The predicted molar refractivity (Wildman–Crippen MR) is 72.5 cm³/mol. The molecule has 0 saturated heterocycles. The van der Waals surface area contributed by atoms with Crippen molar-refractivity contribution >= 4 is 28.3 Å². The van der Waals surface area contributed by atoms with Crippen molar-refractivity contribution in [1.82, 2.24) is 0 Å². The molecule has 1 aliphatic rings. The number of carboxylic acid groups (broad SMARTS) is 1. The van der Waals surface area contributed by atoms with E-state index in [1.165, 1.54) is 0 Å². The number of anilines is 1. The van der Waals surface area contributed by atoms with Crippen LogP contribution >= 0.6 is 0 Å². The molecule has 1 amide bonds. The molecule has 4 nitrogen and oxygen atoms in total. The number of aryl methyl sites for hydroxylation is 1. The molecule has 0 unspecified atom stereocenters. The van der Waals surface area contributed by atoms with Crippen LogP contribution in [0.25, 0.3) is 10.8 Å². The highest BCUT2D eigenvalue weighted by molar-refractivity contribution is 6.24. The molecule has 0 spiro atoms. The molecule has 0 aromatic heterocycles. The maximum absolute atomic E-state index is 11.8. The van der Waals surface area contributed by atoms with Crippen LogP contribution in [-0.4, -0.2) is 17.0 Å². The van der Waals surface area contributed by atoms with Crippen LogP contribution in [0.5, 0.6) is 0 Å².